The minimum Gasteiger partial charge on any atom is -0.543 e. The normalized spacial score (nSPS) is 18.2. The molecule has 0 radical (unpaired) electrons. The van der Waals surface area contributed by atoms with Gasteiger partial charge in [0.2, 0.25) is 11.5 Å². The van der Waals surface area contributed by atoms with Gasteiger partial charge in [-0.1, -0.05) is 5.16 Å². The van der Waals surface area contributed by atoms with E-state index in [1.807, 2.05) is 27.5 Å². The molecule has 0 bridgehead atoms. The fourth-order valence-electron chi connectivity index (χ4n) is 5.21. The molecule has 0 unspecified atom stereocenters. The predicted molar refractivity (Wildman–Crippen MR) is 172 cm³/mol. The van der Waals surface area contributed by atoms with E-state index in [2.05, 4.69) is 15.1 Å². The molecule has 2 atom stereocenters. The molecule has 2 aliphatic heterocycles. The van der Waals surface area contributed by atoms with Crippen molar-refractivity contribution in [1.29, 1.82) is 5.41 Å². The standard InChI is InChI=1S/C28H28N10O7S3/c1-28(2,26(43)44)45-34-20(15-11-48-27(31)33-15)17(39)7-14-23(40)38-21(25(41)42)13(10-47-24(14)38)8-36-4-3-19-35(5-6-37(19)36)9-18-32-16(12-46-18)22(29)30/h3-6,11-12,14,24H,7-10H2,1-2H3,(H6-,29,30,31,33,41,42,43,44)/b34-20-/t14-,24-/m1/s1. The maximum Gasteiger partial charge on any atom is 0.350 e. The summed E-state index contributed by atoms with van der Waals surface area (Å²) in [5.74, 6) is -4.74. The number of nitrogens with zero attached hydrogens (tertiary/aromatic N) is 7. The average Bonchev–Trinajstić information content (AvgIpc) is 3.83. The molecule has 4 aromatic rings. The number of hydrogen-bond acceptors (Lipinski definition) is 14. The third-order valence-corrected chi connectivity index (χ3v) is 10.6. The molecule has 6 heterocycles. The van der Waals surface area contributed by atoms with Crippen LogP contribution in [0.1, 0.15) is 36.7 Å². The van der Waals surface area contributed by atoms with Crippen LogP contribution in [-0.2, 0) is 37.1 Å². The van der Waals surface area contributed by atoms with Gasteiger partial charge in [-0.05, 0) is 19.4 Å². The van der Waals surface area contributed by atoms with E-state index in [1.54, 1.807) is 16.3 Å². The third kappa shape index (κ3) is 6.04. The second-order valence-electron chi connectivity index (χ2n) is 11.4. The zero-order valence-electron chi connectivity index (χ0n) is 25.4. The Hall–Kier alpha value is -5.08. The molecule has 6 rings (SSSR count). The molecule has 6 N–H and O–H groups in total. The average molecular weight is 713 g/mol. The number of anilines is 1. The lowest BCUT2D eigenvalue weighted by Gasteiger charge is -2.50. The summed E-state index contributed by atoms with van der Waals surface area (Å²) < 4.78 is 5.60. The Morgan fingerprint density at radius 3 is 2.62 bits per heavy atom. The van der Waals surface area contributed by atoms with Gasteiger partial charge in [0.25, 0.3) is 0 Å². The van der Waals surface area contributed by atoms with Gasteiger partial charge in [0.15, 0.2) is 22.8 Å². The van der Waals surface area contributed by atoms with Crippen molar-refractivity contribution in [2.24, 2.45) is 16.8 Å². The number of β-lactam (4-membered cyclic amide) rings is 1. The summed E-state index contributed by atoms with van der Waals surface area (Å²) in [4.78, 5) is 65.5. The number of thioether (sulfide) groups is 1. The van der Waals surface area contributed by atoms with Crippen LogP contribution in [0.5, 0.6) is 0 Å². The summed E-state index contributed by atoms with van der Waals surface area (Å²) >= 11 is 3.76. The highest BCUT2D eigenvalue weighted by Gasteiger charge is 2.53. The SMILES string of the molecule is CC(C)(O/N=C(\C(=O)C[C@@H]1C(=O)N2C(C(=O)[O-])=C(Cn3ccc4n3cc[n+]4Cc3nc(C(=N)N)cs3)CS[C@H]12)c1csc(N)n1)C(=O)O. The van der Waals surface area contributed by atoms with Crippen LogP contribution in [0.15, 0.2) is 51.8 Å². The number of hydrogen-bond donors (Lipinski definition) is 4. The quantitative estimate of drug-likeness (QED) is 0.0456. The van der Waals surface area contributed by atoms with E-state index >= 15 is 0 Å². The monoisotopic (exact) mass is 712 g/mol. The lowest BCUT2D eigenvalue weighted by atomic mass is 9.89. The van der Waals surface area contributed by atoms with Crippen molar-refractivity contribution in [3.05, 3.63) is 63.1 Å². The zero-order valence-corrected chi connectivity index (χ0v) is 27.8. The maximum absolute atomic E-state index is 13.4. The highest BCUT2D eigenvalue weighted by atomic mass is 32.2. The van der Waals surface area contributed by atoms with Gasteiger partial charge in [0.1, 0.15) is 35.0 Å². The van der Waals surface area contributed by atoms with E-state index in [-0.39, 0.29) is 46.8 Å². The number of amidine groups is 1. The van der Waals surface area contributed by atoms with E-state index in [1.165, 1.54) is 42.3 Å². The fraction of sp³-hybridized carbons (Fsp3) is 0.321. The van der Waals surface area contributed by atoms with Gasteiger partial charge in [-0.15, -0.1) is 39.0 Å². The van der Waals surface area contributed by atoms with Crippen molar-refractivity contribution in [2.75, 3.05) is 11.5 Å². The summed E-state index contributed by atoms with van der Waals surface area (Å²) in [5, 5.41) is 36.6. The molecule has 0 spiro atoms. The van der Waals surface area contributed by atoms with Crippen molar-refractivity contribution in [3.63, 3.8) is 0 Å². The van der Waals surface area contributed by atoms with Gasteiger partial charge in [0, 0.05) is 22.9 Å². The smallest absolute Gasteiger partial charge is 0.350 e. The van der Waals surface area contributed by atoms with Gasteiger partial charge in [-0.25, -0.2) is 24.0 Å². The van der Waals surface area contributed by atoms with Crippen LogP contribution in [-0.4, -0.2) is 81.1 Å². The molecule has 48 heavy (non-hydrogen) atoms. The first-order chi connectivity index (χ1) is 22.7. The maximum atomic E-state index is 13.4. The number of nitrogens with one attached hydrogen (secondary N) is 1. The van der Waals surface area contributed by atoms with E-state index in [4.69, 9.17) is 21.7 Å². The molecule has 0 aromatic carbocycles. The van der Waals surface area contributed by atoms with Gasteiger partial charge in [-0.2, -0.15) is 0 Å². The second kappa shape index (κ2) is 12.5. The lowest BCUT2D eigenvalue weighted by Crippen LogP contribution is -2.63. The summed E-state index contributed by atoms with van der Waals surface area (Å²) in [6.07, 6.45) is 5.13. The Bertz CT molecular complexity index is 2060. The molecular formula is C28H28N10O7S3. The second-order valence-corrected chi connectivity index (χ2v) is 14.3. The lowest BCUT2D eigenvalue weighted by molar-refractivity contribution is -0.661. The number of nitrogen functional groups attached to an aromatic ring is 2. The number of carbonyl (C=O) groups is 4. The van der Waals surface area contributed by atoms with Crippen molar-refractivity contribution in [1.82, 2.24) is 24.1 Å². The van der Waals surface area contributed by atoms with E-state index in [0.29, 0.717) is 17.8 Å². The van der Waals surface area contributed by atoms with E-state index in [9.17, 15) is 29.4 Å². The number of carbonyl (C=O) groups excluding carboxylic acids is 3. The molecule has 4 aromatic heterocycles. The minimum atomic E-state index is -1.76. The Labute approximate surface area is 283 Å². The van der Waals surface area contributed by atoms with Crippen LogP contribution >= 0.6 is 34.4 Å². The molecular weight excluding hydrogens is 685 g/mol. The van der Waals surface area contributed by atoms with Gasteiger partial charge < -0.3 is 31.3 Å². The Balaban J connectivity index is 1.20. The van der Waals surface area contributed by atoms with E-state index in [0.717, 1.165) is 26.9 Å². The minimum absolute atomic E-state index is 0.0676. The molecule has 20 heteroatoms. The van der Waals surface area contributed by atoms with Gasteiger partial charge >= 0.3 is 11.6 Å². The van der Waals surface area contributed by atoms with Crippen LogP contribution in [0.2, 0.25) is 0 Å². The summed E-state index contributed by atoms with van der Waals surface area (Å²) in [6, 6.07) is 1.87. The number of oxime groups is 1. The molecule has 2 aliphatic rings. The predicted octanol–water partition coefficient (Wildman–Crippen LogP) is -0.366. The molecule has 1 saturated heterocycles. The van der Waals surface area contributed by atoms with Crippen molar-refractivity contribution in [2.45, 2.75) is 44.3 Å². The summed E-state index contributed by atoms with van der Waals surface area (Å²) in [5.41, 5.74) is 10.7. The van der Waals surface area contributed by atoms with Gasteiger partial charge in [-0.3, -0.25) is 19.9 Å². The topological polar surface area (TPSA) is 251 Å². The highest BCUT2D eigenvalue weighted by Crippen LogP contribution is 2.45. The van der Waals surface area contributed by atoms with Crippen LogP contribution in [0.3, 0.4) is 0 Å². The van der Waals surface area contributed by atoms with E-state index < -0.39 is 40.5 Å². The van der Waals surface area contributed by atoms with Crippen LogP contribution in [0, 0.1) is 11.3 Å². The first kappa shape index (κ1) is 32.8. The third-order valence-electron chi connectivity index (χ3n) is 7.74. The molecule has 250 valence electrons. The molecule has 0 aliphatic carbocycles. The van der Waals surface area contributed by atoms with Crippen molar-refractivity contribution in [3.8, 4) is 0 Å². The first-order valence-electron chi connectivity index (χ1n) is 14.2. The number of thiazole rings is 2. The number of fused-ring (bicyclic) bond motifs is 2. The molecule has 1 amide bonds. The largest absolute Gasteiger partial charge is 0.543 e. The highest BCUT2D eigenvalue weighted by molar-refractivity contribution is 8.00. The Morgan fingerprint density at radius 2 is 1.98 bits per heavy atom. The number of Topliss-reactive ketones (excluding diaryl/α,β-unsaturated/α-hetero) is 1. The Kier molecular flexibility index (Phi) is 8.56. The molecule has 1 fully saturated rings. The summed E-state index contributed by atoms with van der Waals surface area (Å²) in [6.45, 7) is 3.11. The van der Waals surface area contributed by atoms with Crippen LogP contribution in [0.25, 0.3) is 5.65 Å². The molecule has 0 saturated carbocycles. The van der Waals surface area contributed by atoms with Crippen molar-refractivity contribution >= 4 is 80.4 Å². The number of ketones is 1. The number of aliphatic carboxylic acids is 2. The number of imidazole rings is 1. The number of carboxylic acid groups (broad SMARTS) is 2. The summed E-state index contributed by atoms with van der Waals surface area (Å²) in [7, 11) is 0. The first-order valence-corrected chi connectivity index (χ1v) is 17.0. The van der Waals surface area contributed by atoms with Crippen molar-refractivity contribution < 1.29 is 38.8 Å². The number of nitrogens with two attached hydrogens (primary N) is 2. The number of aromatic nitrogens is 5. The Morgan fingerprint density at radius 1 is 1.23 bits per heavy atom. The number of carboxylic acids is 2. The van der Waals surface area contributed by atoms with Gasteiger partial charge in [0.05, 0.1) is 41.8 Å². The van der Waals surface area contributed by atoms with Crippen LogP contribution < -0.4 is 21.1 Å². The van der Waals surface area contributed by atoms with Crippen LogP contribution in [0.4, 0.5) is 5.13 Å². The fourth-order valence-corrected chi connectivity index (χ4v) is 7.96. The molecule has 17 nitrogen and oxygen atoms in total. The number of rotatable bonds is 13. The zero-order chi connectivity index (χ0) is 34.5. The number of amides is 1.